The van der Waals surface area contributed by atoms with Gasteiger partial charge in [-0.05, 0) is 18.9 Å². The van der Waals surface area contributed by atoms with Crippen molar-refractivity contribution in [3.63, 3.8) is 0 Å². The molecule has 0 bridgehead atoms. The number of alkyl halides is 1. The lowest BCUT2D eigenvalue weighted by atomic mass is 10.1. The average molecular weight is 259 g/mol. The maximum atomic E-state index is 14.1. The van der Waals surface area contributed by atoms with Crippen LogP contribution in [0.4, 0.5) is 10.2 Å². The van der Waals surface area contributed by atoms with Crippen LogP contribution in [0.5, 0.6) is 0 Å². The van der Waals surface area contributed by atoms with Crippen LogP contribution in [-0.2, 0) is 10.6 Å². The van der Waals surface area contributed by atoms with Gasteiger partial charge in [0, 0.05) is 38.1 Å². The first-order chi connectivity index (χ1) is 8.24. The molecule has 1 aliphatic heterocycles. The summed E-state index contributed by atoms with van der Waals surface area (Å²) in [7, 11) is 1.87. The molecule has 0 amide bonds. The standard InChI is InChI=1S/C12H16ClFN2O/c1-16(10-3-6-17-7-4-10)12-11(14)9(8-13)2-5-15-12/h2,5,10H,3-4,6-8H2,1H3. The molecule has 2 heterocycles. The second-order valence-corrected chi connectivity index (χ2v) is 4.46. The van der Waals surface area contributed by atoms with Gasteiger partial charge in [-0.25, -0.2) is 9.37 Å². The summed E-state index contributed by atoms with van der Waals surface area (Å²) in [5, 5.41) is 0. The lowest BCUT2D eigenvalue weighted by Crippen LogP contribution is -2.37. The van der Waals surface area contributed by atoms with Crippen molar-refractivity contribution in [1.82, 2.24) is 4.98 Å². The zero-order valence-electron chi connectivity index (χ0n) is 9.83. The summed E-state index contributed by atoms with van der Waals surface area (Å²) in [6.45, 7) is 1.46. The third-order valence-corrected chi connectivity index (χ3v) is 3.46. The molecule has 0 aliphatic carbocycles. The molecule has 1 aromatic rings. The summed E-state index contributed by atoms with van der Waals surface area (Å²) in [5.74, 6) is 0.245. The van der Waals surface area contributed by atoms with E-state index < -0.39 is 0 Å². The van der Waals surface area contributed by atoms with Crippen LogP contribution < -0.4 is 4.90 Å². The number of pyridine rings is 1. The third-order valence-electron chi connectivity index (χ3n) is 3.17. The van der Waals surface area contributed by atoms with E-state index in [2.05, 4.69) is 4.98 Å². The van der Waals surface area contributed by atoms with Crippen molar-refractivity contribution in [3.8, 4) is 0 Å². The molecule has 1 saturated heterocycles. The predicted molar refractivity (Wildman–Crippen MR) is 66.0 cm³/mol. The molecule has 5 heteroatoms. The topological polar surface area (TPSA) is 25.4 Å². The van der Waals surface area contributed by atoms with Crippen molar-refractivity contribution < 1.29 is 9.13 Å². The highest BCUT2D eigenvalue weighted by molar-refractivity contribution is 6.17. The molecular weight excluding hydrogens is 243 g/mol. The van der Waals surface area contributed by atoms with E-state index in [0.717, 1.165) is 26.1 Å². The highest BCUT2D eigenvalue weighted by atomic mass is 35.5. The summed E-state index contributed by atoms with van der Waals surface area (Å²) in [5.41, 5.74) is 0.496. The predicted octanol–water partition coefficient (Wildman–Crippen LogP) is 2.57. The summed E-state index contributed by atoms with van der Waals surface area (Å²) >= 11 is 5.69. The maximum absolute atomic E-state index is 14.1. The molecular formula is C12H16ClFN2O. The summed E-state index contributed by atoms with van der Waals surface area (Å²) in [4.78, 5) is 6.01. The van der Waals surface area contributed by atoms with Gasteiger partial charge in [-0.3, -0.25) is 0 Å². The third kappa shape index (κ3) is 2.69. The van der Waals surface area contributed by atoms with E-state index in [1.54, 1.807) is 12.3 Å². The molecule has 0 spiro atoms. The lowest BCUT2D eigenvalue weighted by Gasteiger charge is -2.32. The Morgan fingerprint density at radius 2 is 2.24 bits per heavy atom. The Kier molecular flexibility index (Phi) is 4.18. The molecule has 94 valence electrons. The fraction of sp³-hybridized carbons (Fsp3) is 0.583. The van der Waals surface area contributed by atoms with E-state index in [1.807, 2.05) is 11.9 Å². The van der Waals surface area contributed by atoms with Crippen molar-refractivity contribution in [2.75, 3.05) is 25.2 Å². The number of rotatable bonds is 3. The minimum atomic E-state index is -0.309. The second kappa shape index (κ2) is 5.65. The number of hydrogen-bond donors (Lipinski definition) is 0. The van der Waals surface area contributed by atoms with Crippen molar-refractivity contribution in [3.05, 3.63) is 23.6 Å². The lowest BCUT2D eigenvalue weighted by molar-refractivity contribution is 0.0852. The molecule has 0 unspecified atom stereocenters. The van der Waals surface area contributed by atoms with Crippen LogP contribution in [0.25, 0.3) is 0 Å². The van der Waals surface area contributed by atoms with Gasteiger partial charge in [-0.15, -0.1) is 11.6 Å². The van der Waals surface area contributed by atoms with Gasteiger partial charge in [0.05, 0.1) is 5.88 Å². The molecule has 1 aromatic heterocycles. The SMILES string of the molecule is CN(c1nccc(CCl)c1F)C1CCOCC1. The van der Waals surface area contributed by atoms with Crippen LogP contribution >= 0.6 is 11.6 Å². The molecule has 0 saturated carbocycles. The summed E-state index contributed by atoms with van der Waals surface area (Å²) in [6.07, 6.45) is 3.41. The van der Waals surface area contributed by atoms with E-state index in [1.165, 1.54) is 0 Å². The second-order valence-electron chi connectivity index (χ2n) is 4.20. The molecule has 0 aromatic carbocycles. The Bertz CT molecular complexity index is 383. The zero-order chi connectivity index (χ0) is 12.3. The Morgan fingerprint density at radius 1 is 1.53 bits per heavy atom. The number of aromatic nitrogens is 1. The van der Waals surface area contributed by atoms with Crippen LogP contribution in [-0.4, -0.2) is 31.3 Å². The molecule has 1 aliphatic rings. The van der Waals surface area contributed by atoms with E-state index >= 15 is 0 Å². The monoisotopic (exact) mass is 258 g/mol. The summed E-state index contributed by atoms with van der Waals surface area (Å²) in [6, 6.07) is 1.90. The first-order valence-electron chi connectivity index (χ1n) is 5.74. The first kappa shape index (κ1) is 12.6. The molecule has 0 radical (unpaired) electrons. The van der Waals surface area contributed by atoms with Crippen LogP contribution in [0, 0.1) is 5.82 Å². The fourth-order valence-corrected chi connectivity index (χ4v) is 2.27. The smallest absolute Gasteiger partial charge is 0.170 e. The van der Waals surface area contributed by atoms with Gasteiger partial charge in [0.25, 0.3) is 0 Å². The van der Waals surface area contributed by atoms with Crippen molar-refractivity contribution in [2.24, 2.45) is 0 Å². The zero-order valence-corrected chi connectivity index (χ0v) is 10.6. The number of halogens is 2. The Labute approximate surface area is 106 Å². The first-order valence-corrected chi connectivity index (χ1v) is 6.27. The van der Waals surface area contributed by atoms with Gasteiger partial charge in [0.15, 0.2) is 11.6 Å². The van der Waals surface area contributed by atoms with Crippen LogP contribution in [0.1, 0.15) is 18.4 Å². The average Bonchev–Trinajstić information content (AvgIpc) is 2.39. The van der Waals surface area contributed by atoms with Crippen LogP contribution in [0.2, 0.25) is 0 Å². The number of anilines is 1. The van der Waals surface area contributed by atoms with Gasteiger partial charge >= 0.3 is 0 Å². The van der Waals surface area contributed by atoms with Crippen molar-refractivity contribution in [2.45, 2.75) is 24.8 Å². The molecule has 0 atom stereocenters. The molecule has 0 N–H and O–H groups in total. The van der Waals surface area contributed by atoms with E-state index in [4.69, 9.17) is 16.3 Å². The Balaban J connectivity index is 2.20. The van der Waals surface area contributed by atoms with Gasteiger partial charge in [0.1, 0.15) is 0 Å². The van der Waals surface area contributed by atoms with E-state index in [-0.39, 0.29) is 17.7 Å². The molecule has 1 fully saturated rings. The van der Waals surface area contributed by atoms with Crippen LogP contribution in [0.3, 0.4) is 0 Å². The maximum Gasteiger partial charge on any atom is 0.170 e. The van der Waals surface area contributed by atoms with Crippen LogP contribution in [0.15, 0.2) is 12.3 Å². The summed E-state index contributed by atoms with van der Waals surface area (Å²) < 4.78 is 19.4. The Hall–Kier alpha value is -0.870. The van der Waals surface area contributed by atoms with E-state index in [0.29, 0.717) is 11.4 Å². The van der Waals surface area contributed by atoms with Gasteiger partial charge in [-0.2, -0.15) is 0 Å². The molecule has 3 nitrogen and oxygen atoms in total. The normalized spacial score (nSPS) is 17.1. The minimum Gasteiger partial charge on any atom is -0.381 e. The number of hydrogen-bond acceptors (Lipinski definition) is 3. The highest BCUT2D eigenvalue weighted by Crippen LogP contribution is 2.24. The van der Waals surface area contributed by atoms with Gasteiger partial charge in [0.2, 0.25) is 0 Å². The van der Waals surface area contributed by atoms with Crippen molar-refractivity contribution in [1.29, 1.82) is 0 Å². The molecule has 2 rings (SSSR count). The van der Waals surface area contributed by atoms with Crippen molar-refractivity contribution >= 4 is 17.4 Å². The molecule has 17 heavy (non-hydrogen) atoms. The van der Waals surface area contributed by atoms with E-state index in [9.17, 15) is 4.39 Å². The quantitative estimate of drug-likeness (QED) is 0.780. The Morgan fingerprint density at radius 3 is 2.88 bits per heavy atom. The number of ether oxygens (including phenoxy) is 1. The highest BCUT2D eigenvalue weighted by Gasteiger charge is 2.22. The minimum absolute atomic E-state index is 0.170. The van der Waals surface area contributed by atoms with Gasteiger partial charge < -0.3 is 9.64 Å². The fourth-order valence-electron chi connectivity index (χ4n) is 2.07. The largest absolute Gasteiger partial charge is 0.381 e. The van der Waals surface area contributed by atoms with Gasteiger partial charge in [-0.1, -0.05) is 0 Å². The number of nitrogens with zero attached hydrogens (tertiary/aromatic N) is 2.